The van der Waals surface area contributed by atoms with Crippen molar-refractivity contribution in [3.05, 3.63) is 59.7 Å². The lowest BCUT2D eigenvalue weighted by atomic mass is 9.96. The number of fused-ring (bicyclic) bond motifs is 1. The Kier molecular flexibility index (Phi) is 4.32. The first-order valence-corrected chi connectivity index (χ1v) is 8.60. The van der Waals surface area contributed by atoms with Crippen molar-refractivity contribution in [2.24, 2.45) is 0 Å². The molecule has 1 saturated heterocycles. The lowest BCUT2D eigenvalue weighted by Crippen LogP contribution is -2.45. The Bertz CT molecular complexity index is 854. The van der Waals surface area contributed by atoms with Crippen molar-refractivity contribution in [3.8, 4) is 5.75 Å². The number of hydrogen-bond acceptors (Lipinski definition) is 5. The number of carbonyl (C=O) groups is 2. The summed E-state index contributed by atoms with van der Waals surface area (Å²) in [5, 5.41) is 15.8. The Morgan fingerprint density at radius 1 is 1.04 bits per heavy atom. The maximum absolute atomic E-state index is 12.7. The number of para-hydroxylation sites is 2. The Morgan fingerprint density at radius 2 is 1.77 bits per heavy atom. The van der Waals surface area contributed by atoms with Gasteiger partial charge in [-0.2, -0.15) is 0 Å². The van der Waals surface area contributed by atoms with Gasteiger partial charge in [0.1, 0.15) is 11.8 Å². The molecule has 2 aromatic rings. The largest absolute Gasteiger partial charge is 0.508 e. The summed E-state index contributed by atoms with van der Waals surface area (Å²) in [6.07, 6.45) is 0.718. The van der Waals surface area contributed by atoms with Gasteiger partial charge in [0.2, 0.25) is 11.8 Å². The predicted molar refractivity (Wildman–Crippen MR) is 96.1 cm³/mol. The van der Waals surface area contributed by atoms with Crippen molar-refractivity contribution < 1.29 is 14.7 Å². The summed E-state index contributed by atoms with van der Waals surface area (Å²) in [7, 11) is 0. The normalized spacial score (nSPS) is 24.6. The van der Waals surface area contributed by atoms with E-state index in [9.17, 15) is 14.7 Å². The van der Waals surface area contributed by atoms with Gasteiger partial charge in [-0.3, -0.25) is 9.59 Å². The molecule has 7 nitrogen and oxygen atoms in total. The number of rotatable bonds is 3. The van der Waals surface area contributed by atoms with E-state index in [1.807, 2.05) is 36.4 Å². The molecule has 5 N–H and O–H groups in total. The van der Waals surface area contributed by atoms with Crippen LogP contribution in [0.3, 0.4) is 0 Å². The van der Waals surface area contributed by atoms with E-state index >= 15 is 0 Å². The number of nitrogens with one attached hydrogen (secondary N) is 4. The van der Waals surface area contributed by atoms with Crippen LogP contribution in [0.15, 0.2) is 48.5 Å². The van der Waals surface area contributed by atoms with Crippen LogP contribution < -0.4 is 21.5 Å². The molecule has 26 heavy (non-hydrogen) atoms. The van der Waals surface area contributed by atoms with Gasteiger partial charge in [-0.25, -0.2) is 10.9 Å². The summed E-state index contributed by atoms with van der Waals surface area (Å²) in [5.74, 6) is -0.0887. The fourth-order valence-electron chi connectivity index (χ4n) is 3.53. The first-order chi connectivity index (χ1) is 12.6. The molecule has 3 atom stereocenters. The van der Waals surface area contributed by atoms with Crippen molar-refractivity contribution in [3.63, 3.8) is 0 Å². The second kappa shape index (κ2) is 6.78. The summed E-state index contributed by atoms with van der Waals surface area (Å²) in [6, 6.07) is 13.6. The molecule has 0 aliphatic carbocycles. The number of carbonyl (C=O) groups excluding carboxylic acids is 2. The Morgan fingerprint density at radius 3 is 2.58 bits per heavy atom. The number of phenolic OH excluding ortho intramolecular Hbond substituents is 1. The molecule has 7 heteroatoms. The zero-order chi connectivity index (χ0) is 18.1. The predicted octanol–water partition coefficient (Wildman–Crippen LogP) is 1.50. The smallest absolute Gasteiger partial charge is 0.239 e. The molecule has 0 aromatic heterocycles. The average Bonchev–Trinajstić information content (AvgIpc) is 3.12. The van der Waals surface area contributed by atoms with E-state index in [-0.39, 0.29) is 36.1 Å². The molecule has 4 rings (SSSR count). The fraction of sp³-hybridized carbons (Fsp3) is 0.263. The van der Waals surface area contributed by atoms with Crippen molar-refractivity contribution in [1.82, 2.24) is 16.2 Å². The molecule has 0 radical (unpaired) electrons. The standard InChI is InChI=1S/C19H20N4O3/c24-17-8-4-2-6-12(17)15-9-16(23-22-15)19(26)21-14-10-18(25)20-13-7-3-1-5-11(13)14/h1-8,14-16,22-24H,9-10H2,(H,20,25)(H,21,26). The second-order valence-electron chi connectivity index (χ2n) is 6.59. The summed E-state index contributed by atoms with van der Waals surface area (Å²) < 4.78 is 0. The van der Waals surface area contributed by atoms with Crippen LogP contribution in [0, 0.1) is 0 Å². The van der Waals surface area contributed by atoms with Crippen LogP contribution in [0.25, 0.3) is 0 Å². The molecule has 0 spiro atoms. The quantitative estimate of drug-likeness (QED) is 0.576. The number of phenols is 1. The third-order valence-electron chi connectivity index (χ3n) is 4.85. The topological polar surface area (TPSA) is 102 Å². The van der Waals surface area contributed by atoms with Crippen LogP contribution in [0.2, 0.25) is 0 Å². The number of aromatic hydroxyl groups is 1. The van der Waals surface area contributed by atoms with Gasteiger partial charge in [0, 0.05) is 11.3 Å². The molecular formula is C19H20N4O3. The lowest BCUT2D eigenvalue weighted by molar-refractivity contribution is -0.124. The van der Waals surface area contributed by atoms with Gasteiger partial charge in [-0.05, 0) is 24.1 Å². The molecule has 2 heterocycles. The van der Waals surface area contributed by atoms with E-state index in [0.29, 0.717) is 6.42 Å². The summed E-state index contributed by atoms with van der Waals surface area (Å²) in [4.78, 5) is 24.6. The van der Waals surface area contributed by atoms with Crippen molar-refractivity contribution >= 4 is 17.5 Å². The molecule has 0 saturated carbocycles. The van der Waals surface area contributed by atoms with Crippen molar-refractivity contribution in [1.29, 1.82) is 0 Å². The minimum atomic E-state index is -0.447. The van der Waals surface area contributed by atoms with Crippen LogP contribution in [0.1, 0.15) is 36.1 Å². The summed E-state index contributed by atoms with van der Waals surface area (Å²) >= 11 is 0. The molecule has 2 aromatic carbocycles. The van der Waals surface area contributed by atoms with Crippen LogP contribution in [-0.4, -0.2) is 23.0 Å². The maximum atomic E-state index is 12.7. The molecule has 0 bridgehead atoms. The van der Waals surface area contributed by atoms with Gasteiger partial charge in [0.15, 0.2) is 0 Å². The highest BCUT2D eigenvalue weighted by Gasteiger charge is 2.34. The van der Waals surface area contributed by atoms with Crippen LogP contribution >= 0.6 is 0 Å². The van der Waals surface area contributed by atoms with Gasteiger partial charge in [-0.1, -0.05) is 36.4 Å². The average molecular weight is 352 g/mol. The van der Waals surface area contributed by atoms with Gasteiger partial charge in [0.05, 0.1) is 18.5 Å². The zero-order valence-corrected chi connectivity index (χ0v) is 14.0. The van der Waals surface area contributed by atoms with E-state index in [1.54, 1.807) is 12.1 Å². The zero-order valence-electron chi connectivity index (χ0n) is 14.0. The molecule has 3 unspecified atom stereocenters. The number of anilines is 1. The first-order valence-electron chi connectivity index (χ1n) is 8.60. The summed E-state index contributed by atoms with van der Waals surface area (Å²) in [5.41, 5.74) is 8.43. The molecule has 2 aliphatic heterocycles. The molecule has 2 aliphatic rings. The highest BCUT2D eigenvalue weighted by atomic mass is 16.3. The number of amides is 2. The van der Waals surface area contributed by atoms with E-state index in [2.05, 4.69) is 21.5 Å². The van der Waals surface area contributed by atoms with Gasteiger partial charge < -0.3 is 15.7 Å². The first kappa shape index (κ1) is 16.6. The highest BCUT2D eigenvalue weighted by Crippen LogP contribution is 2.32. The third-order valence-corrected chi connectivity index (χ3v) is 4.85. The minimum absolute atomic E-state index is 0.112. The molecule has 1 fully saturated rings. The van der Waals surface area contributed by atoms with Crippen LogP contribution in [0.4, 0.5) is 5.69 Å². The fourth-order valence-corrected chi connectivity index (χ4v) is 3.53. The maximum Gasteiger partial charge on any atom is 0.239 e. The Balaban J connectivity index is 1.45. The van der Waals surface area contributed by atoms with Crippen molar-refractivity contribution in [2.75, 3.05) is 5.32 Å². The lowest BCUT2D eigenvalue weighted by Gasteiger charge is -2.27. The second-order valence-corrected chi connectivity index (χ2v) is 6.59. The minimum Gasteiger partial charge on any atom is -0.508 e. The highest BCUT2D eigenvalue weighted by molar-refractivity contribution is 5.95. The van der Waals surface area contributed by atoms with E-state index in [4.69, 9.17) is 0 Å². The van der Waals surface area contributed by atoms with Crippen molar-refractivity contribution in [2.45, 2.75) is 31.0 Å². The van der Waals surface area contributed by atoms with E-state index in [0.717, 1.165) is 16.8 Å². The molecular weight excluding hydrogens is 332 g/mol. The van der Waals surface area contributed by atoms with Gasteiger partial charge in [0.25, 0.3) is 0 Å². The van der Waals surface area contributed by atoms with E-state index < -0.39 is 6.04 Å². The monoisotopic (exact) mass is 352 g/mol. The SMILES string of the molecule is O=C1CC(NC(=O)C2CC(c3ccccc3O)NN2)c2ccccc2N1. The summed E-state index contributed by atoms with van der Waals surface area (Å²) in [6.45, 7) is 0. The van der Waals surface area contributed by atoms with Gasteiger partial charge in [-0.15, -0.1) is 0 Å². The number of hydrazine groups is 1. The number of benzene rings is 2. The van der Waals surface area contributed by atoms with Crippen LogP contribution in [-0.2, 0) is 9.59 Å². The molecule has 2 amide bonds. The number of hydrogen-bond donors (Lipinski definition) is 5. The third kappa shape index (κ3) is 3.14. The Hall–Kier alpha value is -2.90. The van der Waals surface area contributed by atoms with Gasteiger partial charge >= 0.3 is 0 Å². The molecule has 134 valence electrons. The van der Waals surface area contributed by atoms with Crippen LogP contribution in [0.5, 0.6) is 5.75 Å². The van der Waals surface area contributed by atoms with E-state index in [1.165, 1.54) is 0 Å². The Labute approximate surface area is 150 Å².